The van der Waals surface area contributed by atoms with E-state index in [2.05, 4.69) is 35.0 Å². The zero-order chi connectivity index (χ0) is 43.2. The Labute approximate surface area is 406 Å². The van der Waals surface area contributed by atoms with Gasteiger partial charge in [-0.1, -0.05) is 12.1 Å². The zero-order valence-electron chi connectivity index (χ0n) is 36.9. The van der Waals surface area contributed by atoms with Crippen molar-refractivity contribution >= 4 is 314 Å². The molecule has 2 atom stereocenters. The molecule has 4 aliphatic carbocycles. The van der Waals surface area contributed by atoms with Crippen LogP contribution in [0.15, 0.2) is 35.0 Å². The van der Waals surface area contributed by atoms with E-state index < -0.39 is 0 Å². The lowest BCUT2D eigenvalue weighted by Gasteiger charge is -2.53. The summed E-state index contributed by atoms with van der Waals surface area (Å²) in [6.07, 6.45) is 0. The molecule has 0 radical (unpaired) electrons. The van der Waals surface area contributed by atoms with Crippen molar-refractivity contribution < 1.29 is 0 Å². The van der Waals surface area contributed by atoms with Crippen LogP contribution in [0, 0.1) is 0 Å². The molecule has 1 nitrogen and oxygen atoms in total. The van der Waals surface area contributed by atoms with E-state index in [0.29, 0.717) is 0 Å². The fourth-order valence-electron chi connectivity index (χ4n) is 26.3. The topological polar surface area (TPSA) is 12.0 Å². The molecule has 2 spiro atoms. The van der Waals surface area contributed by atoms with E-state index in [0.717, 1.165) is 0 Å². The van der Waals surface area contributed by atoms with Crippen molar-refractivity contribution in [1.82, 2.24) is 5.32 Å². The molecule has 3 heterocycles. The molecule has 30 aromatic rings. The van der Waals surface area contributed by atoms with Crippen molar-refractivity contribution in [3.8, 4) is 0 Å². The van der Waals surface area contributed by atoms with Crippen molar-refractivity contribution in [2.75, 3.05) is 0 Å². The largest absolute Gasteiger partial charge is 0.299 e. The minimum Gasteiger partial charge on any atom is -0.299 e. The zero-order valence-corrected chi connectivity index (χ0v) is 38.6. The lowest BCUT2D eigenvalue weighted by Crippen LogP contribution is -2.52. The van der Waals surface area contributed by atoms with Crippen molar-refractivity contribution in [1.29, 1.82) is 0 Å². The number of hydrogen-bond acceptors (Lipinski definition) is 3. The van der Waals surface area contributed by atoms with Crippen LogP contribution in [0.5, 0.6) is 0 Å². The highest BCUT2D eigenvalue weighted by Gasteiger charge is 2.78. The maximum Gasteiger partial charge on any atom is 0.0587 e. The molecule has 3 heteroatoms. The first kappa shape index (κ1) is 27.6. The second-order valence-electron chi connectivity index (χ2n) is 26.4. The Morgan fingerprint density at radius 1 is 0.219 bits per heavy atom. The van der Waals surface area contributed by atoms with Crippen LogP contribution in [-0.4, -0.2) is 0 Å². The standard InChI is InChI=1S/C70H9NS2/c1-3-7(72-5-1)67-69-63-55-47-37-27-19-11-9-10-13-17-15(11)23-31-25(17)35-29-21(13)22-14(10)18-16-12(9)20(19)28-34-24(16)32-26(18)36-30(22)40-39(29)49-43(35)53-45(31)51(41(47)33(23)27)59(63)61(53)65-57(49)58-50(40)44(36)54-46(32)52-42(34)48(38(28)37)56(55)64(69)60(52)62(54)66(58)70(65,69)68(71-67)8-4-2-6-73-8/h1-6,67-68,71H. The summed E-state index contributed by atoms with van der Waals surface area (Å²) in [6, 6.07) is 10.1. The van der Waals surface area contributed by atoms with Gasteiger partial charge in [-0.15, -0.1) is 22.7 Å². The van der Waals surface area contributed by atoms with Gasteiger partial charge in [0.2, 0.25) is 0 Å². The fraction of sp³-hybridized carbons (Fsp3) is 0.0571. The van der Waals surface area contributed by atoms with Crippen LogP contribution >= 0.6 is 22.7 Å². The van der Waals surface area contributed by atoms with Crippen molar-refractivity contribution in [2.45, 2.75) is 22.9 Å². The lowest BCUT2D eigenvalue weighted by molar-refractivity contribution is 0.337. The van der Waals surface area contributed by atoms with Crippen LogP contribution in [-0.2, 0) is 10.8 Å². The molecule has 73 heavy (non-hydrogen) atoms. The molecule has 306 valence electrons. The van der Waals surface area contributed by atoms with Crippen LogP contribution in [0.1, 0.15) is 44.1 Å². The lowest BCUT2D eigenvalue weighted by atomic mass is 9.46. The summed E-state index contributed by atoms with van der Waals surface area (Å²) in [5.74, 6) is 0. The van der Waals surface area contributed by atoms with Gasteiger partial charge in [-0.2, -0.15) is 0 Å². The second-order valence-corrected chi connectivity index (χ2v) is 28.4. The van der Waals surface area contributed by atoms with E-state index in [1.54, 1.807) is 313 Å². The predicted octanol–water partition coefficient (Wildman–Crippen LogP) is 19.5. The first-order valence-corrected chi connectivity index (χ1v) is 28.8. The monoisotopic (exact) mass is 927 g/mol. The van der Waals surface area contributed by atoms with E-state index in [1.165, 1.54) is 9.75 Å². The molecular weight excluding hydrogens is 919 g/mol. The van der Waals surface area contributed by atoms with Crippen LogP contribution in [0.3, 0.4) is 0 Å². The van der Waals surface area contributed by atoms with E-state index in [1.807, 2.05) is 22.7 Å². The Morgan fingerprint density at radius 2 is 0.370 bits per heavy atom. The van der Waals surface area contributed by atoms with Gasteiger partial charge >= 0.3 is 0 Å². The molecule has 0 saturated carbocycles. The predicted molar refractivity (Wildman–Crippen MR) is 311 cm³/mol. The Bertz CT molecular complexity index is 7010. The number of rotatable bonds is 2. The normalized spacial score (nSPS) is 24.2. The molecule has 1 saturated heterocycles. The smallest absolute Gasteiger partial charge is 0.0587 e. The van der Waals surface area contributed by atoms with E-state index in [-0.39, 0.29) is 22.9 Å². The molecule has 0 amide bonds. The molecule has 35 rings (SSSR count). The van der Waals surface area contributed by atoms with Gasteiger partial charge < -0.3 is 0 Å². The number of benzene rings is 18. The highest BCUT2D eigenvalue weighted by atomic mass is 32.1. The summed E-state index contributed by atoms with van der Waals surface area (Å²) in [6.45, 7) is 0. The van der Waals surface area contributed by atoms with Gasteiger partial charge in [-0.25, -0.2) is 0 Å². The van der Waals surface area contributed by atoms with E-state index >= 15 is 0 Å². The molecule has 5 aliphatic rings. The van der Waals surface area contributed by atoms with Crippen molar-refractivity contribution in [3.63, 3.8) is 0 Å². The van der Waals surface area contributed by atoms with Gasteiger partial charge in [0, 0.05) is 9.75 Å². The van der Waals surface area contributed by atoms with Crippen LogP contribution in [0.25, 0.3) is 291 Å². The maximum absolute atomic E-state index is 4.90. The van der Waals surface area contributed by atoms with E-state index in [9.17, 15) is 0 Å². The van der Waals surface area contributed by atoms with Crippen LogP contribution in [0.2, 0.25) is 0 Å². The summed E-state index contributed by atoms with van der Waals surface area (Å²) in [5.41, 5.74) is 6.30. The first-order chi connectivity index (χ1) is 36.4. The molecule has 1 N–H and O–H groups in total. The number of nitrogens with one attached hydrogen (secondary N) is 1. The van der Waals surface area contributed by atoms with E-state index in [4.69, 9.17) is 5.32 Å². The molecule has 1 fully saturated rings. The minimum atomic E-state index is -0.363. The number of thiophene rings is 2. The second kappa shape index (κ2) is 6.37. The third-order valence-corrected chi connectivity index (χ3v) is 28.2. The van der Waals surface area contributed by atoms with Gasteiger partial charge in [-0.3, -0.25) is 5.32 Å². The van der Waals surface area contributed by atoms with Gasteiger partial charge in [0.1, 0.15) is 0 Å². The van der Waals surface area contributed by atoms with Crippen LogP contribution in [0.4, 0.5) is 0 Å². The molecule has 2 unspecified atom stereocenters. The summed E-state index contributed by atoms with van der Waals surface area (Å²) in [4.78, 5) is 3.05. The van der Waals surface area contributed by atoms with Crippen molar-refractivity contribution in [2.24, 2.45) is 0 Å². The molecular formula is C70H9NS2. The van der Waals surface area contributed by atoms with Gasteiger partial charge in [0.15, 0.2) is 0 Å². The summed E-state index contributed by atoms with van der Waals surface area (Å²) < 4.78 is 0. The Hall–Kier alpha value is -8.18. The van der Waals surface area contributed by atoms with Gasteiger partial charge in [-0.05, 0) is 336 Å². The summed E-state index contributed by atoms with van der Waals surface area (Å²) in [7, 11) is 0. The SMILES string of the molecule is c1csc(C2NC(c3cccs3)C34c5c6c7c8c9c%10c(c%11c%12c3c3c5c5c%13c6c6c7c7c9c9c%14c%10c%10c%11c%11c%12c%12c3c3c5c5c%13c%13c6c6c7c9c7c9c%14c%10c%10c%11c%11c%12c3c3c5c5c%13c6c7c6c9c%10c%11c3c56)C824)c1. The highest BCUT2D eigenvalue weighted by Crippen LogP contribution is 2.88. The Kier molecular flexibility index (Phi) is 2.41. The number of hydrogen-bond donors (Lipinski definition) is 1. The average molecular weight is 928 g/mol. The van der Waals surface area contributed by atoms with Crippen molar-refractivity contribution in [3.05, 3.63) is 67.0 Å². The first-order valence-electron chi connectivity index (χ1n) is 27.0. The quantitative estimate of drug-likeness (QED) is 0.170. The van der Waals surface area contributed by atoms with Crippen LogP contribution < -0.4 is 5.32 Å². The highest BCUT2D eigenvalue weighted by molar-refractivity contribution is 7.10. The Morgan fingerprint density at radius 3 is 0.507 bits per heavy atom. The Balaban J connectivity index is 1.16. The summed E-state index contributed by atoms with van der Waals surface area (Å²) >= 11 is 4.07. The maximum atomic E-state index is 4.90. The molecule has 2 aromatic heterocycles. The van der Waals surface area contributed by atoms with Gasteiger partial charge in [0.25, 0.3) is 0 Å². The van der Waals surface area contributed by atoms with Gasteiger partial charge in [0.05, 0.1) is 22.9 Å². The summed E-state index contributed by atoms with van der Waals surface area (Å²) in [5, 5.41) is 99.8. The minimum absolute atomic E-state index is 0.107. The average Bonchev–Trinajstić information content (AvgIpc) is 4.31. The molecule has 1 aliphatic heterocycles. The third-order valence-electron chi connectivity index (χ3n) is 26.3. The molecule has 0 bridgehead atoms. The molecule has 28 aromatic carbocycles. The fourth-order valence-corrected chi connectivity index (χ4v) is 28.0. The third kappa shape index (κ3) is 1.50.